The van der Waals surface area contributed by atoms with E-state index in [2.05, 4.69) is 15.2 Å². The van der Waals surface area contributed by atoms with Crippen LogP contribution < -0.4 is 5.32 Å². The van der Waals surface area contributed by atoms with Gasteiger partial charge in [-0.1, -0.05) is 0 Å². The highest BCUT2D eigenvalue weighted by atomic mass is 16.5. The molecule has 1 aromatic rings. The van der Waals surface area contributed by atoms with Crippen molar-refractivity contribution in [1.29, 1.82) is 0 Å². The number of hydrogen-bond donors (Lipinski definition) is 2. The second-order valence-corrected chi connectivity index (χ2v) is 5.34. The van der Waals surface area contributed by atoms with Crippen molar-refractivity contribution < 1.29 is 9.84 Å². The molecule has 106 valence electrons. The number of ether oxygens (including phenoxy) is 1. The molecule has 19 heavy (non-hydrogen) atoms. The molecule has 1 aliphatic rings. The Morgan fingerprint density at radius 2 is 2.05 bits per heavy atom. The SMILES string of the molecule is CC(O)(CNCc1ccncc1)CN1CCOCC1. The largest absolute Gasteiger partial charge is 0.388 e. The summed E-state index contributed by atoms with van der Waals surface area (Å²) in [4.78, 5) is 6.23. The van der Waals surface area contributed by atoms with E-state index in [4.69, 9.17) is 4.74 Å². The van der Waals surface area contributed by atoms with Gasteiger partial charge in [-0.2, -0.15) is 0 Å². The molecule has 1 aromatic heterocycles. The summed E-state index contributed by atoms with van der Waals surface area (Å²) in [5.41, 5.74) is 0.460. The third kappa shape index (κ3) is 5.24. The standard InChI is InChI=1S/C14H23N3O2/c1-14(18,12-17-6-8-19-9-7-17)11-16-10-13-2-4-15-5-3-13/h2-5,16,18H,6-12H2,1H3. The summed E-state index contributed by atoms with van der Waals surface area (Å²) >= 11 is 0. The zero-order chi connectivity index (χ0) is 13.6. The molecular weight excluding hydrogens is 242 g/mol. The van der Waals surface area contributed by atoms with Crippen LogP contribution in [0.4, 0.5) is 0 Å². The van der Waals surface area contributed by atoms with Gasteiger partial charge in [0.15, 0.2) is 0 Å². The molecule has 5 nitrogen and oxygen atoms in total. The Kier molecular flexibility index (Phi) is 5.27. The minimum absolute atomic E-state index is 0.576. The average molecular weight is 265 g/mol. The second kappa shape index (κ2) is 6.96. The van der Waals surface area contributed by atoms with Crippen molar-refractivity contribution >= 4 is 0 Å². The number of pyridine rings is 1. The first-order valence-electron chi connectivity index (χ1n) is 6.78. The molecule has 0 saturated carbocycles. The molecule has 0 radical (unpaired) electrons. The summed E-state index contributed by atoms with van der Waals surface area (Å²) in [5.74, 6) is 0. The minimum atomic E-state index is -0.718. The molecule has 5 heteroatoms. The molecule has 2 rings (SSSR count). The van der Waals surface area contributed by atoms with E-state index in [-0.39, 0.29) is 0 Å². The average Bonchev–Trinajstić information content (AvgIpc) is 2.40. The van der Waals surface area contributed by atoms with Crippen LogP contribution in [-0.2, 0) is 11.3 Å². The van der Waals surface area contributed by atoms with Crippen LogP contribution in [-0.4, -0.2) is 60.0 Å². The van der Waals surface area contributed by atoms with E-state index in [9.17, 15) is 5.11 Å². The van der Waals surface area contributed by atoms with Crippen molar-refractivity contribution in [2.75, 3.05) is 39.4 Å². The lowest BCUT2D eigenvalue weighted by Gasteiger charge is -2.34. The topological polar surface area (TPSA) is 57.6 Å². The lowest BCUT2D eigenvalue weighted by Crippen LogP contribution is -2.50. The highest BCUT2D eigenvalue weighted by Gasteiger charge is 2.24. The Labute approximate surface area is 114 Å². The van der Waals surface area contributed by atoms with E-state index in [1.807, 2.05) is 19.1 Å². The van der Waals surface area contributed by atoms with Gasteiger partial charge in [0.05, 0.1) is 18.8 Å². The number of rotatable bonds is 6. The lowest BCUT2D eigenvalue weighted by atomic mass is 10.1. The van der Waals surface area contributed by atoms with Crippen LogP contribution in [0.5, 0.6) is 0 Å². The van der Waals surface area contributed by atoms with Crippen LogP contribution in [0.2, 0.25) is 0 Å². The fourth-order valence-corrected chi connectivity index (χ4v) is 2.27. The molecule has 1 unspecified atom stereocenters. The zero-order valence-electron chi connectivity index (χ0n) is 11.5. The van der Waals surface area contributed by atoms with E-state index < -0.39 is 5.60 Å². The molecule has 1 aliphatic heterocycles. The molecule has 1 fully saturated rings. The maximum absolute atomic E-state index is 10.4. The van der Waals surface area contributed by atoms with Gasteiger partial charge < -0.3 is 15.2 Å². The monoisotopic (exact) mass is 265 g/mol. The van der Waals surface area contributed by atoms with E-state index in [1.165, 1.54) is 5.56 Å². The smallest absolute Gasteiger partial charge is 0.0869 e. The van der Waals surface area contributed by atoms with Gasteiger partial charge in [-0.25, -0.2) is 0 Å². The van der Waals surface area contributed by atoms with Crippen LogP contribution in [0.3, 0.4) is 0 Å². The summed E-state index contributed by atoms with van der Waals surface area (Å²) in [6.45, 7) is 7.22. The number of hydrogen-bond acceptors (Lipinski definition) is 5. The summed E-state index contributed by atoms with van der Waals surface area (Å²) in [6, 6.07) is 3.95. The van der Waals surface area contributed by atoms with Crippen molar-refractivity contribution in [3.63, 3.8) is 0 Å². The maximum Gasteiger partial charge on any atom is 0.0869 e. The molecule has 0 aliphatic carbocycles. The summed E-state index contributed by atoms with van der Waals surface area (Å²) in [7, 11) is 0. The Hall–Kier alpha value is -1.01. The Balaban J connectivity index is 1.71. The molecule has 2 N–H and O–H groups in total. The van der Waals surface area contributed by atoms with E-state index >= 15 is 0 Å². The molecule has 0 amide bonds. The first-order valence-corrected chi connectivity index (χ1v) is 6.78. The third-order valence-corrected chi connectivity index (χ3v) is 3.25. The molecule has 1 saturated heterocycles. The minimum Gasteiger partial charge on any atom is -0.388 e. The van der Waals surface area contributed by atoms with Gasteiger partial charge >= 0.3 is 0 Å². The number of β-amino-alcohol motifs (C(OH)–C–C–N with tert-alkyl or cyclic N) is 1. The Bertz CT molecular complexity index is 364. The molecule has 0 bridgehead atoms. The van der Waals surface area contributed by atoms with Gasteiger partial charge in [-0.05, 0) is 24.6 Å². The summed E-state index contributed by atoms with van der Waals surface area (Å²) < 4.78 is 5.31. The quantitative estimate of drug-likeness (QED) is 0.772. The fraction of sp³-hybridized carbons (Fsp3) is 0.643. The third-order valence-electron chi connectivity index (χ3n) is 3.25. The molecule has 2 heterocycles. The van der Waals surface area contributed by atoms with E-state index in [1.54, 1.807) is 12.4 Å². The maximum atomic E-state index is 10.4. The Morgan fingerprint density at radius 3 is 2.74 bits per heavy atom. The lowest BCUT2D eigenvalue weighted by molar-refractivity contribution is -0.0219. The number of morpholine rings is 1. The number of aliphatic hydroxyl groups is 1. The van der Waals surface area contributed by atoms with Gasteiger partial charge in [-0.15, -0.1) is 0 Å². The van der Waals surface area contributed by atoms with Crippen LogP contribution in [0.15, 0.2) is 24.5 Å². The highest BCUT2D eigenvalue weighted by Crippen LogP contribution is 2.08. The number of nitrogens with zero attached hydrogens (tertiary/aromatic N) is 2. The van der Waals surface area contributed by atoms with Gasteiger partial charge in [0.25, 0.3) is 0 Å². The normalized spacial score (nSPS) is 20.1. The van der Waals surface area contributed by atoms with Gasteiger partial charge in [0.1, 0.15) is 0 Å². The van der Waals surface area contributed by atoms with E-state index in [0.29, 0.717) is 13.1 Å². The van der Waals surface area contributed by atoms with Gasteiger partial charge in [0, 0.05) is 45.1 Å². The number of nitrogens with one attached hydrogen (secondary N) is 1. The van der Waals surface area contributed by atoms with Crippen molar-refractivity contribution in [3.8, 4) is 0 Å². The summed E-state index contributed by atoms with van der Waals surface area (Å²) in [5, 5.41) is 13.7. The van der Waals surface area contributed by atoms with E-state index in [0.717, 1.165) is 32.8 Å². The van der Waals surface area contributed by atoms with Crippen LogP contribution in [0.25, 0.3) is 0 Å². The predicted octanol–water partition coefficient (Wildman–Crippen LogP) is 0.254. The first kappa shape index (κ1) is 14.4. The van der Waals surface area contributed by atoms with Crippen LogP contribution in [0.1, 0.15) is 12.5 Å². The van der Waals surface area contributed by atoms with Crippen LogP contribution in [0, 0.1) is 0 Å². The predicted molar refractivity (Wildman–Crippen MR) is 73.8 cm³/mol. The van der Waals surface area contributed by atoms with Crippen LogP contribution >= 0.6 is 0 Å². The highest BCUT2D eigenvalue weighted by molar-refractivity contribution is 5.09. The van der Waals surface area contributed by atoms with Crippen molar-refractivity contribution in [2.24, 2.45) is 0 Å². The van der Waals surface area contributed by atoms with Crippen molar-refractivity contribution in [2.45, 2.75) is 19.1 Å². The number of aromatic nitrogens is 1. The molecule has 1 atom stereocenters. The molecule has 0 spiro atoms. The fourth-order valence-electron chi connectivity index (χ4n) is 2.27. The second-order valence-electron chi connectivity index (χ2n) is 5.34. The van der Waals surface area contributed by atoms with Crippen molar-refractivity contribution in [1.82, 2.24) is 15.2 Å². The first-order chi connectivity index (χ1) is 9.16. The van der Waals surface area contributed by atoms with Crippen molar-refractivity contribution in [3.05, 3.63) is 30.1 Å². The zero-order valence-corrected chi connectivity index (χ0v) is 11.5. The van der Waals surface area contributed by atoms with Gasteiger partial charge in [-0.3, -0.25) is 9.88 Å². The summed E-state index contributed by atoms with van der Waals surface area (Å²) in [6.07, 6.45) is 3.56. The molecule has 0 aromatic carbocycles. The van der Waals surface area contributed by atoms with Gasteiger partial charge in [0.2, 0.25) is 0 Å². The Morgan fingerprint density at radius 1 is 1.37 bits per heavy atom. The molecular formula is C14H23N3O2.